The van der Waals surface area contributed by atoms with Crippen LogP contribution in [0.5, 0.6) is 0 Å². The average molecular weight is 481 g/mol. The fraction of sp³-hybridized carbons (Fsp3) is 0.207. The van der Waals surface area contributed by atoms with Crippen molar-refractivity contribution in [2.45, 2.75) is 34.1 Å². The second-order valence-electron chi connectivity index (χ2n) is 8.85. The Morgan fingerprint density at radius 3 is 2.69 bits per heavy atom. The number of benzene rings is 2. The molecule has 6 heteroatoms. The fourth-order valence-electron chi connectivity index (χ4n) is 4.64. The number of carbonyl (C=O) groups excluding carboxylic acids is 1. The van der Waals surface area contributed by atoms with Crippen molar-refractivity contribution in [3.8, 4) is 5.69 Å². The lowest BCUT2D eigenvalue weighted by Crippen LogP contribution is -2.23. The molecule has 1 saturated heterocycles. The van der Waals surface area contributed by atoms with Crippen molar-refractivity contribution in [2.75, 3.05) is 7.05 Å². The van der Waals surface area contributed by atoms with Crippen molar-refractivity contribution in [1.29, 1.82) is 0 Å². The number of aryl methyl sites for hydroxylation is 3. The van der Waals surface area contributed by atoms with Gasteiger partial charge in [0.15, 0.2) is 5.17 Å². The number of amidine groups is 1. The monoisotopic (exact) mass is 480 g/mol. The van der Waals surface area contributed by atoms with Crippen LogP contribution in [0.2, 0.25) is 0 Å². The van der Waals surface area contributed by atoms with Crippen LogP contribution in [0.1, 0.15) is 35.0 Å². The van der Waals surface area contributed by atoms with Crippen molar-refractivity contribution in [2.24, 2.45) is 4.99 Å². The number of aliphatic imine (C=N–C) groups is 1. The standard InChI is InChI=1S/C29H28N4OS/c1-6-21-10-7-9-18(2)27(21)33-19(3)15-23(20(33)4)17-26-28(34)32(5)29(35-26)31-24-12-13-25-22(16-24)11-8-14-30-25/h7-17H,6H2,1-5H3/b26-17-,31-29?. The van der Waals surface area contributed by atoms with Crippen molar-refractivity contribution < 1.29 is 4.79 Å². The molecule has 4 aromatic rings. The summed E-state index contributed by atoms with van der Waals surface area (Å²) in [4.78, 5) is 24.5. The van der Waals surface area contributed by atoms with Crippen molar-refractivity contribution in [3.05, 3.63) is 93.8 Å². The van der Waals surface area contributed by atoms with E-state index >= 15 is 0 Å². The fourth-order valence-corrected chi connectivity index (χ4v) is 5.62. The minimum atomic E-state index is -0.0360. The summed E-state index contributed by atoms with van der Waals surface area (Å²) in [5.74, 6) is -0.0360. The Bertz CT molecular complexity index is 1530. The molecule has 0 spiro atoms. The Labute approximate surface area is 210 Å². The van der Waals surface area contributed by atoms with Crippen molar-refractivity contribution in [3.63, 3.8) is 0 Å². The summed E-state index contributed by atoms with van der Waals surface area (Å²) < 4.78 is 2.31. The number of nitrogens with zero attached hydrogens (tertiary/aromatic N) is 4. The van der Waals surface area contributed by atoms with E-state index in [9.17, 15) is 4.79 Å². The maximum Gasteiger partial charge on any atom is 0.266 e. The number of fused-ring (bicyclic) bond motifs is 1. The van der Waals surface area contributed by atoms with Gasteiger partial charge in [-0.05, 0) is 92.1 Å². The van der Waals surface area contributed by atoms with E-state index in [0.29, 0.717) is 10.1 Å². The zero-order valence-corrected chi connectivity index (χ0v) is 21.5. The van der Waals surface area contributed by atoms with Crippen LogP contribution in [0, 0.1) is 20.8 Å². The van der Waals surface area contributed by atoms with Crippen LogP contribution < -0.4 is 0 Å². The average Bonchev–Trinajstić information content (AvgIpc) is 3.28. The number of carbonyl (C=O) groups is 1. The van der Waals surface area contributed by atoms with Gasteiger partial charge in [-0.1, -0.05) is 31.2 Å². The molecule has 2 aromatic heterocycles. The van der Waals surface area contributed by atoms with E-state index in [2.05, 4.69) is 61.5 Å². The Kier molecular flexibility index (Phi) is 6.07. The van der Waals surface area contributed by atoms with Crippen molar-refractivity contribution >= 4 is 45.5 Å². The van der Waals surface area contributed by atoms with Gasteiger partial charge in [0.05, 0.1) is 21.8 Å². The summed E-state index contributed by atoms with van der Waals surface area (Å²) in [7, 11) is 1.78. The molecule has 1 fully saturated rings. The summed E-state index contributed by atoms with van der Waals surface area (Å²) >= 11 is 1.41. The molecule has 0 unspecified atom stereocenters. The predicted molar refractivity (Wildman–Crippen MR) is 147 cm³/mol. The van der Waals surface area contributed by atoms with Crippen LogP contribution in [0.4, 0.5) is 5.69 Å². The first-order chi connectivity index (χ1) is 16.9. The molecule has 3 heterocycles. The van der Waals surface area contributed by atoms with Gasteiger partial charge in [-0.3, -0.25) is 14.7 Å². The lowest BCUT2D eigenvalue weighted by molar-refractivity contribution is -0.121. The number of pyridine rings is 1. The Hall–Kier alpha value is -3.64. The number of likely N-dealkylation sites (N-methyl/N-ethyl adjacent to an activating group) is 1. The van der Waals surface area contributed by atoms with Crippen LogP contribution in [0.15, 0.2) is 70.7 Å². The first-order valence-electron chi connectivity index (χ1n) is 11.8. The summed E-state index contributed by atoms with van der Waals surface area (Å²) in [5, 5.41) is 1.70. The van der Waals surface area contributed by atoms with Crippen LogP contribution in [0.25, 0.3) is 22.7 Å². The maximum atomic E-state index is 13.1. The van der Waals surface area contributed by atoms with E-state index < -0.39 is 0 Å². The molecular formula is C29H28N4OS. The normalized spacial score (nSPS) is 16.3. The number of amides is 1. The van der Waals surface area contributed by atoms with Gasteiger partial charge in [0.1, 0.15) is 0 Å². The van der Waals surface area contributed by atoms with Crippen LogP contribution in [0.3, 0.4) is 0 Å². The molecule has 0 atom stereocenters. The summed E-state index contributed by atoms with van der Waals surface area (Å²) in [5.41, 5.74) is 8.87. The quantitative estimate of drug-likeness (QED) is 0.304. The Balaban J connectivity index is 1.51. The third-order valence-electron chi connectivity index (χ3n) is 6.50. The van der Waals surface area contributed by atoms with Crippen LogP contribution in [-0.2, 0) is 11.2 Å². The molecule has 2 aromatic carbocycles. The Morgan fingerprint density at radius 1 is 1.06 bits per heavy atom. The first kappa shape index (κ1) is 23.1. The van der Waals surface area contributed by atoms with E-state index in [1.54, 1.807) is 18.1 Å². The molecule has 0 bridgehead atoms. The second kappa shape index (κ2) is 9.19. The highest BCUT2D eigenvalue weighted by molar-refractivity contribution is 8.18. The summed E-state index contributed by atoms with van der Waals surface area (Å²) in [6.45, 7) is 8.59. The molecule has 0 N–H and O–H groups in total. The SMILES string of the molecule is CCc1cccc(C)c1-n1c(C)cc(/C=C2\SC(=Nc3ccc4ncccc4c3)N(C)C2=O)c1C. The number of hydrogen-bond donors (Lipinski definition) is 0. The smallest absolute Gasteiger partial charge is 0.266 e. The molecule has 0 radical (unpaired) electrons. The lowest BCUT2D eigenvalue weighted by Gasteiger charge is -2.17. The van der Waals surface area contributed by atoms with Gasteiger partial charge in [0, 0.05) is 30.0 Å². The van der Waals surface area contributed by atoms with Gasteiger partial charge in [-0.2, -0.15) is 0 Å². The lowest BCUT2D eigenvalue weighted by atomic mass is 10.1. The molecule has 176 valence electrons. The molecule has 0 aliphatic carbocycles. The van der Waals surface area contributed by atoms with Crippen LogP contribution >= 0.6 is 11.8 Å². The summed E-state index contributed by atoms with van der Waals surface area (Å²) in [6, 6.07) is 18.4. The minimum absolute atomic E-state index is 0.0360. The van der Waals surface area contributed by atoms with E-state index in [1.807, 2.05) is 36.4 Å². The van der Waals surface area contributed by atoms with E-state index in [4.69, 9.17) is 4.99 Å². The van der Waals surface area contributed by atoms with Gasteiger partial charge in [0.25, 0.3) is 5.91 Å². The van der Waals surface area contributed by atoms with Gasteiger partial charge in [-0.25, -0.2) is 4.99 Å². The van der Waals surface area contributed by atoms with Gasteiger partial charge in [0.2, 0.25) is 0 Å². The zero-order valence-electron chi connectivity index (χ0n) is 20.7. The van der Waals surface area contributed by atoms with E-state index in [-0.39, 0.29) is 5.91 Å². The topological polar surface area (TPSA) is 50.5 Å². The molecular weight excluding hydrogens is 452 g/mol. The molecule has 5 nitrogen and oxygen atoms in total. The predicted octanol–water partition coefficient (Wildman–Crippen LogP) is 6.75. The highest BCUT2D eigenvalue weighted by Crippen LogP contribution is 2.35. The third kappa shape index (κ3) is 4.19. The number of hydrogen-bond acceptors (Lipinski definition) is 4. The Morgan fingerprint density at radius 2 is 1.89 bits per heavy atom. The van der Waals surface area contributed by atoms with E-state index in [0.717, 1.165) is 40.0 Å². The third-order valence-corrected chi connectivity index (χ3v) is 7.56. The molecule has 1 aliphatic heterocycles. The second-order valence-corrected chi connectivity index (χ2v) is 9.86. The molecule has 1 aliphatic rings. The maximum absolute atomic E-state index is 13.1. The first-order valence-corrected chi connectivity index (χ1v) is 12.6. The number of thioether (sulfide) groups is 1. The molecule has 35 heavy (non-hydrogen) atoms. The van der Waals surface area contributed by atoms with Crippen LogP contribution in [-0.4, -0.2) is 32.6 Å². The van der Waals surface area contributed by atoms with Gasteiger partial charge >= 0.3 is 0 Å². The molecule has 5 rings (SSSR count). The largest absolute Gasteiger partial charge is 0.317 e. The highest BCUT2D eigenvalue weighted by Gasteiger charge is 2.31. The minimum Gasteiger partial charge on any atom is -0.317 e. The van der Waals surface area contributed by atoms with Crippen molar-refractivity contribution in [1.82, 2.24) is 14.5 Å². The van der Waals surface area contributed by atoms with Gasteiger partial charge in [-0.15, -0.1) is 0 Å². The highest BCUT2D eigenvalue weighted by atomic mass is 32.2. The molecule has 1 amide bonds. The zero-order chi connectivity index (χ0) is 24.7. The number of rotatable bonds is 4. The summed E-state index contributed by atoms with van der Waals surface area (Å²) in [6.07, 6.45) is 4.75. The van der Waals surface area contributed by atoms with Gasteiger partial charge < -0.3 is 4.57 Å². The van der Waals surface area contributed by atoms with E-state index in [1.165, 1.54) is 28.6 Å². The number of para-hydroxylation sites is 1. The number of aromatic nitrogens is 2. The molecule has 0 saturated carbocycles.